The van der Waals surface area contributed by atoms with Crippen LogP contribution < -0.4 is 15.5 Å². The van der Waals surface area contributed by atoms with Gasteiger partial charge in [-0.25, -0.2) is 23.5 Å². The summed E-state index contributed by atoms with van der Waals surface area (Å²) in [6.45, 7) is 1.84. The second kappa shape index (κ2) is 18.0. The first kappa shape index (κ1) is 41.8. The fraction of sp³-hybridized carbons (Fsp3) is 0.404. The number of amides is 4. The number of aromatic nitrogens is 4. The number of rotatable bonds is 12. The van der Waals surface area contributed by atoms with Crippen molar-refractivity contribution < 1.29 is 32.7 Å². The summed E-state index contributed by atoms with van der Waals surface area (Å²) >= 11 is 0. The predicted molar refractivity (Wildman–Crippen MR) is 229 cm³/mol. The molecule has 0 spiro atoms. The number of piperidine rings is 1. The molecule has 0 bridgehead atoms. The van der Waals surface area contributed by atoms with Gasteiger partial charge in [0, 0.05) is 55.5 Å². The zero-order valence-electron chi connectivity index (χ0n) is 35.1. The van der Waals surface area contributed by atoms with Crippen LogP contribution >= 0.6 is 0 Å². The number of hydrogen-bond donors (Lipinski definition) is 4. The van der Waals surface area contributed by atoms with Gasteiger partial charge in [0.1, 0.15) is 41.1 Å². The highest BCUT2D eigenvalue weighted by molar-refractivity contribution is 5.91. The molecule has 4 unspecified atom stereocenters. The molecule has 328 valence electrons. The van der Waals surface area contributed by atoms with E-state index in [1.807, 2.05) is 48.5 Å². The summed E-state index contributed by atoms with van der Waals surface area (Å²) in [5.74, 6) is -0.757. The van der Waals surface area contributed by atoms with Crippen LogP contribution in [0, 0.1) is 17.6 Å². The lowest BCUT2D eigenvalue weighted by Gasteiger charge is -2.33. The van der Waals surface area contributed by atoms with E-state index >= 15 is 8.78 Å². The Morgan fingerprint density at radius 2 is 1.24 bits per heavy atom. The SMILES string of the molecule is COC(=O)NC(C(=O)N1CCCC1c1ncc(C2CCN(c3c(F)cc(-c4cnc(C5CCCN5C(=O)C(NC(=O)C5CC5)c5ccccc5)[nH]4)cc3F)CC2)[nH]1)c1ccccc1. The number of nitrogens with zero attached hydrogens (tertiary/aromatic N) is 5. The first-order valence-electron chi connectivity index (χ1n) is 21.9. The van der Waals surface area contributed by atoms with Gasteiger partial charge >= 0.3 is 6.09 Å². The largest absolute Gasteiger partial charge is 0.453 e. The minimum atomic E-state index is -0.919. The third kappa shape index (κ3) is 8.75. The highest BCUT2D eigenvalue weighted by atomic mass is 19.1. The summed E-state index contributed by atoms with van der Waals surface area (Å²) in [5.41, 5.74) is 2.92. The molecule has 3 saturated heterocycles. The van der Waals surface area contributed by atoms with Crippen LogP contribution in [0.1, 0.15) is 110 Å². The third-order valence-corrected chi connectivity index (χ3v) is 12.9. The molecule has 0 radical (unpaired) electrons. The molecule has 1 saturated carbocycles. The Morgan fingerprint density at radius 3 is 1.79 bits per heavy atom. The van der Waals surface area contributed by atoms with Gasteiger partial charge in [-0.05, 0) is 74.6 Å². The van der Waals surface area contributed by atoms with Crippen LogP contribution in [0.25, 0.3) is 11.3 Å². The molecule has 4 fully saturated rings. The molecular formula is C47H51F2N9O5. The summed E-state index contributed by atoms with van der Waals surface area (Å²) < 4.78 is 36.7. The monoisotopic (exact) mass is 859 g/mol. The molecule has 4 N–H and O–H groups in total. The standard InChI is InChI=1S/C47H51F2N9O5/c1-63-47(62)55-40(30-12-6-3-7-13-30)46(61)58-21-9-14-37(58)42-50-26-35(52-42)28-18-22-56(23-19-28)41-33(48)24-32(25-34(41)49)36-27-51-43(53-36)38-15-8-20-57(38)45(60)39(29-10-4-2-5-11-29)54-44(59)31-16-17-31/h2-7,10-13,24-28,31,37-40H,8-9,14-23H2,1H3,(H,50,52)(H,51,53)(H,54,59)(H,55,62). The van der Waals surface area contributed by atoms with E-state index in [2.05, 4.69) is 25.6 Å². The molecular weight excluding hydrogens is 809 g/mol. The Balaban J connectivity index is 0.843. The Kier molecular flexibility index (Phi) is 11.9. The number of methoxy groups -OCH3 is 1. The third-order valence-electron chi connectivity index (χ3n) is 12.9. The number of alkyl carbamates (subject to hydrolysis) is 1. The van der Waals surface area contributed by atoms with E-state index in [0.29, 0.717) is 85.9 Å². The van der Waals surface area contributed by atoms with Crippen molar-refractivity contribution in [1.82, 2.24) is 40.4 Å². The number of hydrogen-bond acceptors (Lipinski definition) is 8. The normalized spacial score (nSPS) is 20.1. The van der Waals surface area contributed by atoms with E-state index in [-0.39, 0.29) is 41.3 Å². The summed E-state index contributed by atoms with van der Waals surface area (Å²) in [6.07, 6.45) is 8.42. The van der Waals surface area contributed by atoms with Crippen molar-refractivity contribution in [3.05, 3.63) is 125 Å². The lowest BCUT2D eigenvalue weighted by atomic mass is 9.93. The van der Waals surface area contributed by atoms with Gasteiger partial charge in [0.25, 0.3) is 5.91 Å². The Bertz CT molecular complexity index is 2430. The summed E-state index contributed by atoms with van der Waals surface area (Å²) in [5, 5.41) is 5.67. The predicted octanol–water partition coefficient (Wildman–Crippen LogP) is 7.15. The zero-order valence-corrected chi connectivity index (χ0v) is 35.1. The van der Waals surface area contributed by atoms with E-state index < -0.39 is 35.9 Å². The van der Waals surface area contributed by atoms with Crippen LogP contribution in [-0.4, -0.2) is 86.8 Å². The number of anilines is 1. The number of halogens is 2. The first-order chi connectivity index (χ1) is 30.7. The van der Waals surface area contributed by atoms with Gasteiger partial charge in [-0.2, -0.15) is 0 Å². The molecule has 16 heteroatoms. The Hall–Kier alpha value is -6.58. The van der Waals surface area contributed by atoms with Crippen LogP contribution in [0.2, 0.25) is 0 Å². The minimum Gasteiger partial charge on any atom is -0.453 e. The van der Waals surface area contributed by atoms with E-state index in [4.69, 9.17) is 9.72 Å². The molecule has 63 heavy (non-hydrogen) atoms. The quantitative estimate of drug-likeness (QED) is 0.103. The van der Waals surface area contributed by atoms with Crippen molar-refractivity contribution in [2.75, 3.05) is 38.2 Å². The van der Waals surface area contributed by atoms with Gasteiger partial charge in [0.05, 0.1) is 31.1 Å². The van der Waals surface area contributed by atoms with Crippen LogP contribution in [0.15, 0.2) is 85.2 Å². The molecule has 1 aliphatic carbocycles. The molecule has 5 heterocycles. The van der Waals surface area contributed by atoms with Gasteiger partial charge in [0.2, 0.25) is 11.8 Å². The lowest BCUT2D eigenvalue weighted by molar-refractivity contribution is -0.138. The molecule has 4 aliphatic rings. The zero-order chi connectivity index (χ0) is 43.6. The van der Waals surface area contributed by atoms with Gasteiger partial charge in [-0.15, -0.1) is 0 Å². The number of imidazole rings is 2. The number of carbonyl (C=O) groups excluding carboxylic acids is 4. The molecule has 2 aromatic heterocycles. The highest BCUT2D eigenvalue weighted by Gasteiger charge is 2.40. The average Bonchev–Trinajstić information content (AvgIpc) is 3.75. The van der Waals surface area contributed by atoms with E-state index in [1.54, 1.807) is 39.2 Å². The van der Waals surface area contributed by atoms with Crippen molar-refractivity contribution in [3.63, 3.8) is 0 Å². The van der Waals surface area contributed by atoms with E-state index in [1.165, 1.54) is 19.2 Å². The number of benzene rings is 3. The topological polar surface area (TPSA) is 169 Å². The van der Waals surface area contributed by atoms with Gasteiger partial charge < -0.3 is 40.0 Å². The van der Waals surface area contributed by atoms with Gasteiger partial charge in [0.15, 0.2) is 0 Å². The van der Waals surface area contributed by atoms with Gasteiger partial charge in [-0.1, -0.05) is 60.7 Å². The fourth-order valence-electron chi connectivity index (χ4n) is 9.43. The first-order valence-corrected chi connectivity index (χ1v) is 21.9. The van der Waals surface area contributed by atoms with E-state index in [9.17, 15) is 19.2 Å². The van der Waals surface area contributed by atoms with Gasteiger partial charge in [-0.3, -0.25) is 14.4 Å². The molecule has 5 aromatic rings. The van der Waals surface area contributed by atoms with Crippen molar-refractivity contribution in [1.29, 1.82) is 0 Å². The van der Waals surface area contributed by atoms with Crippen LogP contribution in [0.5, 0.6) is 0 Å². The van der Waals surface area contributed by atoms with Crippen LogP contribution in [0.4, 0.5) is 19.3 Å². The number of ether oxygens (including phenoxy) is 1. The minimum absolute atomic E-state index is 0.0594. The lowest BCUT2D eigenvalue weighted by Crippen LogP contribution is -2.43. The summed E-state index contributed by atoms with van der Waals surface area (Å²) in [6, 6.07) is 18.5. The summed E-state index contributed by atoms with van der Waals surface area (Å²) in [7, 11) is 1.26. The van der Waals surface area contributed by atoms with Crippen LogP contribution in [-0.2, 0) is 19.1 Å². The average molecular weight is 860 g/mol. The number of likely N-dealkylation sites (tertiary alicyclic amines) is 2. The van der Waals surface area contributed by atoms with Crippen molar-refractivity contribution in [2.24, 2.45) is 5.92 Å². The molecule has 3 aliphatic heterocycles. The Labute approximate surface area is 363 Å². The Morgan fingerprint density at radius 1 is 0.698 bits per heavy atom. The number of H-pyrrole nitrogens is 2. The smallest absolute Gasteiger partial charge is 0.407 e. The fourth-order valence-corrected chi connectivity index (χ4v) is 9.43. The molecule has 4 atom stereocenters. The maximum atomic E-state index is 15.9. The molecule has 4 amide bonds. The molecule has 9 rings (SSSR count). The maximum Gasteiger partial charge on any atom is 0.407 e. The maximum absolute atomic E-state index is 15.9. The summed E-state index contributed by atoms with van der Waals surface area (Å²) in [4.78, 5) is 74.3. The van der Waals surface area contributed by atoms with Crippen LogP contribution in [0.3, 0.4) is 0 Å². The van der Waals surface area contributed by atoms with Crippen molar-refractivity contribution >= 4 is 29.5 Å². The number of aromatic amines is 2. The number of carbonyl (C=O) groups is 4. The second-order valence-electron chi connectivity index (χ2n) is 16.9. The van der Waals surface area contributed by atoms with E-state index in [0.717, 1.165) is 31.4 Å². The molecule has 3 aromatic carbocycles. The highest BCUT2D eigenvalue weighted by Crippen LogP contribution is 2.39. The van der Waals surface area contributed by atoms with Crippen molar-refractivity contribution in [2.45, 2.75) is 81.5 Å². The second-order valence-corrected chi connectivity index (χ2v) is 16.9. The molecule has 14 nitrogen and oxygen atoms in total. The number of nitrogens with one attached hydrogen (secondary N) is 4. The van der Waals surface area contributed by atoms with Crippen molar-refractivity contribution in [3.8, 4) is 11.3 Å².